The molecule has 5 rings (SSSR count). The Bertz CT molecular complexity index is 1020. The van der Waals surface area contributed by atoms with Gasteiger partial charge in [-0.3, -0.25) is 4.79 Å². The number of likely N-dealkylation sites (tertiary alicyclic amines) is 1. The van der Waals surface area contributed by atoms with Crippen LogP contribution in [-0.4, -0.2) is 58.6 Å². The van der Waals surface area contributed by atoms with Gasteiger partial charge < -0.3 is 18.7 Å². The molecule has 0 saturated carbocycles. The van der Waals surface area contributed by atoms with Gasteiger partial charge in [0.2, 0.25) is 5.76 Å². The molecule has 7 nitrogen and oxygen atoms in total. The molecule has 7 heteroatoms. The summed E-state index contributed by atoms with van der Waals surface area (Å²) in [4.78, 5) is 21.5. The monoisotopic (exact) mass is 394 g/mol. The van der Waals surface area contributed by atoms with E-state index in [2.05, 4.69) is 21.1 Å². The van der Waals surface area contributed by atoms with Crippen molar-refractivity contribution in [3.63, 3.8) is 0 Å². The van der Waals surface area contributed by atoms with Crippen molar-refractivity contribution in [2.45, 2.75) is 38.5 Å². The van der Waals surface area contributed by atoms with Gasteiger partial charge in [-0.15, -0.1) is 0 Å². The van der Waals surface area contributed by atoms with Gasteiger partial charge in [-0.05, 0) is 50.9 Å². The number of aryl methyl sites for hydroxylation is 2. The predicted molar refractivity (Wildman–Crippen MR) is 108 cm³/mol. The molecule has 0 unspecified atom stereocenters. The van der Waals surface area contributed by atoms with Gasteiger partial charge in [0.15, 0.2) is 11.5 Å². The van der Waals surface area contributed by atoms with Gasteiger partial charge in [0.05, 0.1) is 11.4 Å². The average Bonchev–Trinajstić information content (AvgIpc) is 3.30. The lowest BCUT2D eigenvalue weighted by atomic mass is 9.91. The van der Waals surface area contributed by atoms with E-state index < -0.39 is 0 Å². The maximum Gasteiger partial charge on any atom is 0.291 e. The fourth-order valence-corrected chi connectivity index (χ4v) is 4.59. The third-order valence-electron chi connectivity index (χ3n) is 6.19. The van der Waals surface area contributed by atoms with Crippen LogP contribution < -0.4 is 0 Å². The molecule has 0 radical (unpaired) electrons. The van der Waals surface area contributed by atoms with Crippen LogP contribution in [0.25, 0.3) is 11.0 Å². The lowest BCUT2D eigenvalue weighted by molar-refractivity contribution is 0.0700. The van der Waals surface area contributed by atoms with Crippen LogP contribution in [0.1, 0.15) is 53.0 Å². The maximum absolute atomic E-state index is 12.8. The molecule has 29 heavy (non-hydrogen) atoms. The average molecular weight is 394 g/mol. The molecular formula is C22H26N4O3. The summed E-state index contributed by atoms with van der Waals surface area (Å²) in [6, 6.07) is 8.09. The Kier molecular flexibility index (Phi) is 4.83. The number of fused-ring (bicyclic) bond motifs is 2. The zero-order valence-electron chi connectivity index (χ0n) is 16.8. The smallest absolute Gasteiger partial charge is 0.291 e. The number of carbonyl (C=O) groups is 1. The molecule has 0 aliphatic carbocycles. The maximum atomic E-state index is 12.8. The molecule has 0 bridgehead atoms. The number of carbonyl (C=O) groups excluding carboxylic acids is 1. The molecule has 0 atom stereocenters. The van der Waals surface area contributed by atoms with Crippen LogP contribution in [-0.2, 0) is 6.42 Å². The highest BCUT2D eigenvalue weighted by Crippen LogP contribution is 2.32. The Morgan fingerprint density at radius 1 is 1.14 bits per heavy atom. The van der Waals surface area contributed by atoms with Crippen LogP contribution in [0, 0.1) is 6.92 Å². The molecule has 2 aliphatic rings. The van der Waals surface area contributed by atoms with Crippen molar-refractivity contribution in [2.24, 2.45) is 0 Å². The van der Waals surface area contributed by atoms with Gasteiger partial charge >= 0.3 is 0 Å². The predicted octanol–water partition coefficient (Wildman–Crippen LogP) is 3.39. The molecule has 4 heterocycles. The quantitative estimate of drug-likeness (QED) is 0.675. The Balaban J connectivity index is 1.18. The molecule has 2 aliphatic heterocycles. The summed E-state index contributed by atoms with van der Waals surface area (Å²) in [5.41, 5.74) is 2.78. The van der Waals surface area contributed by atoms with Gasteiger partial charge in [-0.25, -0.2) is 4.98 Å². The summed E-state index contributed by atoms with van der Waals surface area (Å²) in [6.07, 6.45) is 3.88. The van der Waals surface area contributed by atoms with Gasteiger partial charge in [0.1, 0.15) is 0 Å². The molecule has 1 amide bonds. The zero-order valence-corrected chi connectivity index (χ0v) is 16.8. The van der Waals surface area contributed by atoms with E-state index in [0.29, 0.717) is 17.6 Å². The number of nitrogens with zero attached hydrogens (tertiary/aromatic N) is 4. The minimum Gasteiger partial charge on any atom is -0.436 e. The highest BCUT2D eigenvalue weighted by molar-refractivity contribution is 5.92. The van der Waals surface area contributed by atoms with E-state index in [1.54, 1.807) is 6.92 Å². The second-order valence-corrected chi connectivity index (χ2v) is 8.08. The van der Waals surface area contributed by atoms with Crippen molar-refractivity contribution in [1.29, 1.82) is 0 Å². The molecular weight excluding hydrogens is 368 g/mol. The lowest BCUT2D eigenvalue weighted by Gasteiger charge is -2.32. The first-order valence-electron chi connectivity index (χ1n) is 10.5. The molecule has 3 aromatic rings. The lowest BCUT2D eigenvalue weighted by Crippen LogP contribution is -2.41. The van der Waals surface area contributed by atoms with Gasteiger partial charge in [0, 0.05) is 37.9 Å². The van der Waals surface area contributed by atoms with E-state index in [0.717, 1.165) is 80.8 Å². The number of oxazole rings is 1. The summed E-state index contributed by atoms with van der Waals surface area (Å²) in [5.74, 6) is 1.45. The number of rotatable bonds is 4. The summed E-state index contributed by atoms with van der Waals surface area (Å²) >= 11 is 0. The van der Waals surface area contributed by atoms with Crippen molar-refractivity contribution >= 4 is 16.9 Å². The van der Waals surface area contributed by atoms with Crippen LogP contribution in [0.15, 0.2) is 33.2 Å². The first-order valence-corrected chi connectivity index (χ1v) is 10.5. The van der Waals surface area contributed by atoms with Crippen molar-refractivity contribution in [3.8, 4) is 0 Å². The minimum absolute atomic E-state index is 0.0120. The molecule has 152 valence electrons. The van der Waals surface area contributed by atoms with Crippen LogP contribution in [0.2, 0.25) is 0 Å². The van der Waals surface area contributed by atoms with E-state index >= 15 is 0 Å². The van der Waals surface area contributed by atoms with E-state index in [4.69, 9.17) is 8.94 Å². The van der Waals surface area contributed by atoms with Gasteiger partial charge in [-0.2, -0.15) is 0 Å². The third-order valence-corrected chi connectivity index (χ3v) is 6.19. The van der Waals surface area contributed by atoms with Crippen molar-refractivity contribution < 1.29 is 13.7 Å². The Morgan fingerprint density at radius 3 is 2.83 bits per heavy atom. The normalized spacial score (nSPS) is 18.9. The molecule has 0 N–H and O–H groups in total. The SMILES string of the molecule is Cc1nc2c(o1)C(=O)N(CCN1CCC(c3noc4ccccc34)CC1)CCC2. The first kappa shape index (κ1) is 18.4. The fourth-order valence-electron chi connectivity index (χ4n) is 4.59. The van der Waals surface area contributed by atoms with Crippen LogP contribution in [0.5, 0.6) is 0 Å². The summed E-state index contributed by atoms with van der Waals surface area (Å²) in [5, 5.41) is 5.48. The fraction of sp³-hybridized carbons (Fsp3) is 0.500. The Labute approximate surface area is 169 Å². The second kappa shape index (κ2) is 7.63. The summed E-state index contributed by atoms with van der Waals surface area (Å²) in [6.45, 7) is 6.22. The molecule has 2 aromatic heterocycles. The van der Waals surface area contributed by atoms with Crippen molar-refractivity contribution in [2.75, 3.05) is 32.7 Å². The molecule has 1 fully saturated rings. The number of hydrogen-bond acceptors (Lipinski definition) is 6. The molecule has 1 aromatic carbocycles. The van der Waals surface area contributed by atoms with Crippen molar-refractivity contribution in [1.82, 2.24) is 19.9 Å². The van der Waals surface area contributed by atoms with E-state index in [9.17, 15) is 4.79 Å². The second-order valence-electron chi connectivity index (χ2n) is 8.08. The highest BCUT2D eigenvalue weighted by atomic mass is 16.5. The molecule has 0 spiro atoms. The van der Waals surface area contributed by atoms with Crippen LogP contribution in [0.3, 0.4) is 0 Å². The zero-order chi connectivity index (χ0) is 19.8. The third kappa shape index (κ3) is 3.55. The highest BCUT2D eigenvalue weighted by Gasteiger charge is 2.29. The van der Waals surface area contributed by atoms with Crippen molar-refractivity contribution in [3.05, 3.63) is 47.3 Å². The van der Waals surface area contributed by atoms with Gasteiger partial charge in [-0.1, -0.05) is 17.3 Å². The van der Waals surface area contributed by atoms with E-state index in [-0.39, 0.29) is 5.91 Å². The topological polar surface area (TPSA) is 75.6 Å². The van der Waals surface area contributed by atoms with E-state index in [1.165, 1.54) is 0 Å². The number of aromatic nitrogens is 2. The van der Waals surface area contributed by atoms with E-state index in [1.807, 2.05) is 23.1 Å². The summed E-state index contributed by atoms with van der Waals surface area (Å²) < 4.78 is 11.1. The minimum atomic E-state index is -0.0120. The number of benzene rings is 1. The van der Waals surface area contributed by atoms with Crippen LogP contribution in [0.4, 0.5) is 0 Å². The Morgan fingerprint density at radius 2 is 1.97 bits per heavy atom. The standard InChI is InChI=1S/C22H26N4O3/c1-15-23-18-6-4-10-26(22(27)21(18)28-15)14-13-25-11-8-16(9-12-25)20-17-5-2-3-7-19(17)29-24-20/h2-3,5,7,16H,4,6,8-14H2,1H3. The Hall–Kier alpha value is -2.67. The summed E-state index contributed by atoms with van der Waals surface area (Å²) in [7, 11) is 0. The largest absolute Gasteiger partial charge is 0.436 e. The number of hydrogen-bond donors (Lipinski definition) is 0. The first-order chi connectivity index (χ1) is 14.2. The van der Waals surface area contributed by atoms with Crippen LogP contribution >= 0.6 is 0 Å². The number of piperidine rings is 1. The van der Waals surface area contributed by atoms with Gasteiger partial charge in [0.25, 0.3) is 5.91 Å². The number of amides is 1. The number of para-hydroxylation sites is 1. The molecule has 1 saturated heterocycles.